The van der Waals surface area contributed by atoms with Crippen LogP contribution in [0.1, 0.15) is 11.5 Å². The first-order chi connectivity index (χ1) is 12.0. The van der Waals surface area contributed by atoms with Crippen molar-refractivity contribution in [1.82, 2.24) is 4.90 Å². The average molecular weight is 333 g/mol. The van der Waals surface area contributed by atoms with E-state index >= 15 is 0 Å². The molecule has 1 aliphatic heterocycles. The Morgan fingerprint density at radius 3 is 2.40 bits per heavy atom. The van der Waals surface area contributed by atoms with E-state index in [-0.39, 0.29) is 11.6 Å². The van der Waals surface area contributed by atoms with Gasteiger partial charge in [-0.1, -0.05) is 18.2 Å². The predicted molar refractivity (Wildman–Crippen MR) is 88.7 cm³/mol. The zero-order valence-electron chi connectivity index (χ0n) is 13.7. The maximum atomic E-state index is 13.4. The van der Waals surface area contributed by atoms with Crippen molar-refractivity contribution in [2.24, 2.45) is 17.3 Å². The molecule has 1 N–H and O–H groups in total. The van der Waals surface area contributed by atoms with Crippen LogP contribution >= 0.6 is 0 Å². The Hall–Kier alpha value is -3.01. The van der Waals surface area contributed by atoms with Crippen LogP contribution in [-0.4, -0.2) is 30.7 Å². The number of halogens is 1. The van der Waals surface area contributed by atoms with E-state index in [2.05, 4.69) is 6.07 Å². The predicted octanol–water partition coefficient (Wildman–Crippen LogP) is 2.60. The van der Waals surface area contributed by atoms with Crippen molar-refractivity contribution in [2.75, 3.05) is 20.1 Å². The van der Waals surface area contributed by atoms with Gasteiger partial charge in [0.25, 0.3) is 0 Å². The number of nitriles is 3. The minimum atomic E-state index is -1.74. The summed E-state index contributed by atoms with van der Waals surface area (Å²) in [6.07, 6.45) is 1.92. The lowest BCUT2D eigenvalue weighted by Gasteiger charge is -2.47. The Balaban J connectivity index is 2.25. The molecule has 0 saturated heterocycles. The lowest BCUT2D eigenvalue weighted by atomic mass is 9.54. The highest BCUT2D eigenvalue weighted by molar-refractivity contribution is 6.00. The largest absolute Gasteiger partial charge is 0.305 e. The maximum Gasteiger partial charge on any atom is 0.189 e. The van der Waals surface area contributed by atoms with Crippen molar-refractivity contribution < 1.29 is 4.39 Å². The summed E-state index contributed by atoms with van der Waals surface area (Å²) >= 11 is 0. The summed E-state index contributed by atoms with van der Waals surface area (Å²) in [4.78, 5) is 2.05. The third-order valence-electron chi connectivity index (χ3n) is 5.20. The first kappa shape index (κ1) is 16.8. The third-order valence-corrected chi connectivity index (χ3v) is 5.20. The van der Waals surface area contributed by atoms with E-state index in [1.807, 2.05) is 30.2 Å². The smallest absolute Gasteiger partial charge is 0.189 e. The Morgan fingerprint density at radius 2 is 1.84 bits per heavy atom. The van der Waals surface area contributed by atoms with Crippen LogP contribution in [0.15, 0.2) is 35.9 Å². The Labute approximate surface area is 145 Å². The van der Waals surface area contributed by atoms with Crippen molar-refractivity contribution in [3.05, 3.63) is 47.3 Å². The van der Waals surface area contributed by atoms with Crippen molar-refractivity contribution in [3.63, 3.8) is 0 Å². The molecule has 0 bridgehead atoms. The summed E-state index contributed by atoms with van der Waals surface area (Å²) < 4.78 is 13.4. The number of hydrogen-bond acceptors (Lipinski definition) is 5. The van der Waals surface area contributed by atoms with E-state index in [9.17, 15) is 20.2 Å². The van der Waals surface area contributed by atoms with E-state index in [0.29, 0.717) is 18.7 Å². The Morgan fingerprint density at radius 1 is 1.20 bits per heavy atom. The fourth-order valence-corrected chi connectivity index (χ4v) is 4.00. The molecule has 1 unspecified atom stereocenters. The number of likely N-dealkylation sites (N-methyl/N-ethyl adjacent to an activating group) is 1. The van der Waals surface area contributed by atoms with Gasteiger partial charge in [0.2, 0.25) is 0 Å². The van der Waals surface area contributed by atoms with Crippen LogP contribution in [0.4, 0.5) is 4.39 Å². The van der Waals surface area contributed by atoms with Gasteiger partial charge >= 0.3 is 0 Å². The molecular weight excluding hydrogens is 317 g/mol. The van der Waals surface area contributed by atoms with E-state index in [0.717, 1.165) is 5.57 Å². The summed E-state index contributed by atoms with van der Waals surface area (Å²) in [5, 5.41) is 37.7. The summed E-state index contributed by atoms with van der Waals surface area (Å²) in [5.74, 6) is -2.13. The number of rotatable bonds is 1. The van der Waals surface area contributed by atoms with E-state index in [4.69, 9.17) is 5.41 Å². The molecule has 1 aromatic carbocycles. The van der Waals surface area contributed by atoms with Crippen molar-refractivity contribution >= 4 is 5.71 Å². The SMILES string of the molecule is CN1CC=C2C(C#N)C(=N)C(C#N)(C#N)[C@@H](c3ccc(F)cc3)[C@H]2C1. The molecule has 25 heavy (non-hydrogen) atoms. The molecule has 0 radical (unpaired) electrons. The number of benzene rings is 1. The fourth-order valence-electron chi connectivity index (χ4n) is 4.00. The number of fused-ring (bicyclic) bond motifs is 1. The molecule has 0 spiro atoms. The van der Waals surface area contributed by atoms with Crippen LogP contribution in [0.3, 0.4) is 0 Å². The second kappa shape index (κ2) is 6.13. The van der Waals surface area contributed by atoms with Crippen LogP contribution < -0.4 is 0 Å². The molecule has 3 atom stereocenters. The minimum absolute atomic E-state index is 0.179. The van der Waals surface area contributed by atoms with E-state index in [1.165, 1.54) is 12.1 Å². The first-order valence-corrected chi connectivity index (χ1v) is 7.93. The van der Waals surface area contributed by atoms with Crippen LogP contribution in [0.5, 0.6) is 0 Å². The topological polar surface area (TPSA) is 98.5 Å². The van der Waals surface area contributed by atoms with Crippen LogP contribution in [0.25, 0.3) is 0 Å². The van der Waals surface area contributed by atoms with Gasteiger partial charge in [-0.2, -0.15) is 15.8 Å². The van der Waals surface area contributed by atoms with Gasteiger partial charge in [0.15, 0.2) is 5.41 Å². The second-order valence-corrected chi connectivity index (χ2v) is 6.57. The number of nitrogens with one attached hydrogen (secondary N) is 1. The van der Waals surface area contributed by atoms with Crippen molar-refractivity contribution in [1.29, 1.82) is 21.2 Å². The highest BCUT2D eigenvalue weighted by Crippen LogP contribution is 2.53. The number of hydrogen-bond donors (Lipinski definition) is 1. The maximum absolute atomic E-state index is 13.4. The molecule has 3 rings (SSSR count). The zero-order valence-corrected chi connectivity index (χ0v) is 13.7. The van der Waals surface area contributed by atoms with Gasteiger partial charge in [0.1, 0.15) is 11.7 Å². The summed E-state index contributed by atoms with van der Waals surface area (Å²) in [7, 11) is 1.93. The fraction of sp³-hybridized carbons (Fsp3) is 0.368. The Kier molecular flexibility index (Phi) is 4.13. The molecule has 124 valence electrons. The standard InChI is InChI=1S/C19H16FN5/c1-25-7-6-14-15(8-21)18(24)19(10-22,11-23)17(16(14)9-25)12-2-4-13(20)5-3-12/h2-6,15-17,24H,7,9H2,1H3/t15?,16-,17-/m0/s1. The molecule has 6 heteroatoms. The minimum Gasteiger partial charge on any atom is -0.305 e. The van der Waals surface area contributed by atoms with E-state index in [1.54, 1.807) is 12.1 Å². The van der Waals surface area contributed by atoms with Gasteiger partial charge in [-0.25, -0.2) is 4.39 Å². The summed E-state index contributed by atoms with van der Waals surface area (Å²) in [6, 6.07) is 11.9. The molecule has 1 aromatic rings. The quantitative estimate of drug-likeness (QED) is 0.799. The lowest BCUT2D eigenvalue weighted by Crippen LogP contribution is -2.52. The Bertz CT molecular complexity index is 851. The van der Waals surface area contributed by atoms with Gasteiger partial charge in [0, 0.05) is 24.9 Å². The number of nitrogens with zero attached hydrogens (tertiary/aromatic N) is 4. The highest BCUT2D eigenvalue weighted by atomic mass is 19.1. The van der Waals surface area contributed by atoms with Gasteiger partial charge in [0.05, 0.1) is 23.9 Å². The van der Waals surface area contributed by atoms with Crippen LogP contribution in [-0.2, 0) is 0 Å². The molecule has 2 aliphatic rings. The molecular formula is C19H16FN5. The second-order valence-electron chi connectivity index (χ2n) is 6.57. The summed E-state index contributed by atoms with van der Waals surface area (Å²) in [5.41, 5.74) is -0.488. The molecule has 5 nitrogen and oxygen atoms in total. The zero-order chi connectivity index (χ0) is 18.2. The highest BCUT2D eigenvalue weighted by Gasteiger charge is 2.57. The molecule has 0 aromatic heterocycles. The van der Waals surface area contributed by atoms with Gasteiger partial charge in [-0.3, -0.25) is 0 Å². The van der Waals surface area contributed by atoms with Crippen molar-refractivity contribution in [3.8, 4) is 18.2 Å². The molecule has 1 heterocycles. The first-order valence-electron chi connectivity index (χ1n) is 7.93. The van der Waals surface area contributed by atoms with Crippen LogP contribution in [0, 0.1) is 62.5 Å². The van der Waals surface area contributed by atoms with Gasteiger partial charge in [-0.05, 0) is 30.3 Å². The normalized spacial score (nSPS) is 28.0. The van der Waals surface area contributed by atoms with Gasteiger partial charge in [-0.15, -0.1) is 0 Å². The lowest BCUT2D eigenvalue weighted by molar-refractivity contribution is 0.235. The monoisotopic (exact) mass is 333 g/mol. The molecule has 1 saturated carbocycles. The molecule has 1 aliphatic carbocycles. The molecule has 1 fully saturated rings. The average Bonchev–Trinajstić information content (AvgIpc) is 2.62. The third kappa shape index (κ3) is 2.41. The van der Waals surface area contributed by atoms with E-state index < -0.39 is 23.1 Å². The summed E-state index contributed by atoms with van der Waals surface area (Å²) in [6.45, 7) is 1.23. The van der Waals surface area contributed by atoms with Crippen LogP contribution in [0.2, 0.25) is 0 Å². The molecule has 0 amide bonds. The van der Waals surface area contributed by atoms with Crippen molar-refractivity contribution in [2.45, 2.75) is 5.92 Å². The van der Waals surface area contributed by atoms with Gasteiger partial charge < -0.3 is 10.3 Å².